The van der Waals surface area contributed by atoms with Crippen molar-refractivity contribution in [1.82, 2.24) is 16.6 Å². The number of methoxy groups -OCH3 is 1. The molecule has 4 heterocycles. The van der Waals surface area contributed by atoms with Crippen molar-refractivity contribution in [3.63, 3.8) is 0 Å². The molecule has 1 atom stereocenters. The number of benzene rings is 1. The summed E-state index contributed by atoms with van der Waals surface area (Å²) in [5.41, 5.74) is 3.98. The van der Waals surface area contributed by atoms with Gasteiger partial charge in [0.05, 0.1) is 0 Å². The first-order valence-electron chi connectivity index (χ1n) is 9.34. The third-order valence-electron chi connectivity index (χ3n) is 4.96. The molecule has 8 nitrogen and oxygen atoms in total. The zero-order chi connectivity index (χ0) is 21.5. The van der Waals surface area contributed by atoms with Crippen LogP contribution in [-0.4, -0.2) is 37.9 Å². The van der Waals surface area contributed by atoms with Crippen molar-refractivity contribution in [3.05, 3.63) is 53.7 Å². The number of aromatic amines is 1. The summed E-state index contributed by atoms with van der Waals surface area (Å²) in [5.74, 6) is 0.0928. The van der Waals surface area contributed by atoms with Crippen LogP contribution in [0, 0.1) is 5.82 Å². The van der Waals surface area contributed by atoms with Crippen molar-refractivity contribution >= 4 is 17.3 Å². The third kappa shape index (κ3) is 3.71. The number of alkyl halides is 1. The molecular formula is C20H18FI2N5O3-2. The summed E-state index contributed by atoms with van der Waals surface area (Å²) in [4.78, 5) is 20.7. The average molecular weight is 649 g/mol. The molecule has 1 amide bonds. The molecule has 2 aliphatic heterocycles. The Kier molecular flexibility index (Phi) is 5.64. The first-order chi connectivity index (χ1) is 15.1. The van der Waals surface area contributed by atoms with Crippen molar-refractivity contribution in [2.75, 3.05) is 26.0 Å². The van der Waals surface area contributed by atoms with Gasteiger partial charge in [-0.3, -0.25) is 0 Å². The summed E-state index contributed by atoms with van der Waals surface area (Å²) in [6.07, 6.45) is 3.37. The average Bonchev–Trinajstić information content (AvgIpc) is 3.14. The van der Waals surface area contributed by atoms with Gasteiger partial charge in [-0.15, -0.1) is 0 Å². The Morgan fingerprint density at radius 1 is 1.39 bits per heavy atom. The number of carbonyl (C=O) groups is 1. The molecule has 0 saturated heterocycles. The quantitative estimate of drug-likeness (QED) is 0.160. The molecule has 0 aliphatic carbocycles. The van der Waals surface area contributed by atoms with Gasteiger partial charge in [0.1, 0.15) is 0 Å². The van der Waals surface area contributed by atoms with E-state index in [9.17, 15) is 9.18 Å². The van der Waals surface area contributed by atoms with E-state index in [2.05, 4.69) is 29.0 Å². The second-order valence-electron chi connectivity index (χ2n) is 6.80. The van der Waals surface area contributed by atoms with Gasteiger partial charge >= 0.3 is 201 Å². The van der Waals surface area contributed by atoms with Crippen LogP contribution >= 0.6 is 0 Å². The van der Waals surface area contributed by atoms with Crippen LogP contribution < -0.4 is 61.8 Å². The monoisotopic (exact) mass is 649 g/mol. The fraction of sp³-hybridized carbons (Fsp3) is 0.200. The number of carbonyl (C=O) groups excluding carboxylic acids is 1. The number of pyridine rings is 1. The molecule has 164 valence electrons. The van der Waals surface area contributed by atoms with E-state index in [0.29, 0.717) is 34.9 Å². The molecule has 2 bridgehead atoms. The summed E-state index contributed by atoms with van der Waals surface area (Å²) in [6, 6.07) is 6.51. The second kappa shape index (κ2) is 8.43. The molecule has 11 heteroatoms. The van der Waals surface area contributed by atoms with E-state index in [-0.39, 0.29) is 15.6 Å². The van der Waals surface area contributed by atoms with Crippen molar-refractivity contribution in [2.24, 2.45) is 0 Å². The molecule has 1 aromatic carbocycles. The van der Waals surface area contributed by atoms with Crippen molar-refractivity contribution < 1.29 is 60.4 Å². The van der Waals surface area contributed by atoms with E-state index in [0.717, 1.165) is 11.3 Å². The summed E-state index contributed by atoms with van der Waals surface area (Å²) in [5, 5.41) is 6.29. The van der Waals surface area contributed by atoms with Crippen molar-refractivity contribution in [3.8, 4) is 22.8 Å². The molecule has 3 aromatic rings. The van der Waals surface area contributed by atoms with E-state index in [1.807, 2.05) is 6.07 Å². The number of amides is 1. The molecule has 31 heavy (non-hydrogen) atoms. The van der Waals surface area contributed by atoms with Gasteiger partial charge in [0.25, 0.3) is 0 Å². The summed E-state index contributed by atoms with van der Waals surface area (Å²) in [6.45, 7) is 0.582. The molecule has 5 rings (SSSR count). The van der Waals surface area contributed by atoms with Gasteiger partial charge in [-0.05, 0) is 0 Å². The molecule has 2 aliphatic rings. The Balaban J connectivity index is 1.75. The van der Waals surface area contributed by atoms with Gasteiger partial charge in [-0.25, -0.2) is 0 Å². The molecule has 3 N–H and O–H groups in total. The van der Waals surface area contributed by atoms with Crippen LogP contribution in [0.5, 0.6) is 11.5 Å². The second-order valence-corrected chi connectivity index (χ2v) is 14.4. The number of halogens is 3. The Morgan fingerprint density at radius 2 is 2.26 bits per heavy atom. The minimum atomic E-state index is -0.668. The van der Waals surface area contributed by atoms with Crippen LogP contribution in [0.4, 0.5) is 15.8 Å². The number of anilines is 2. The fourth-order valence-electron chi connectivity index (χ4n) is 3.63. The topological polar surface area (TPSA) is 91.5 Å². The van der Waals surface area contributed by atoms with Gasteiger partial charge in [0, 0.05) is 0 Å². The van der Waals surface area contributed by atoms with Crippen molar-refractivity contribution in [2.45, 2.75) is 3.92 Å². The van der Waals surface area contributed by atoms with E-state index in [1.165, 1.54) is 13.2 Å². The van der Waals surface area contributed by atoms with E-state index < -0.39 is 49.2 Å². The Labute approximate surface area is 199 Å². The fourth-order valence-corrected chi connectivity index (χ4v) is 9.42. The van der Waals surface area contributed by atoms with Crippen LogP contribution in [0.15, 0.2) is 36.7 Å². The van der Waals surface area contributed by atoms with E-state index >= 15 is 0 Å². The SMILES string of the molecule is COc1c(F)cccc1Nc1c2[nH]c3c1C(=O)NC[C@H]3[I-]N(C)[I-]Oc1cnccc1-2. The predicted octanol–water partition coefficient (Wildman–Crippen LogP) is -3.00. The van der Waals surface area contributed by atoms with Crippen LogP contribution in [-0.2, 0) is 0 Å². The minimum absolute atomic E-state index is 0.0877. The van der Waals surface area contributed by atoms with Crippen LogP contribution in [0.3, 0.4) is 0 Å². The predicted molar refractivity (Wildman–Crippen MR) is 104 cm³/mol. The molecule has 0 spiro atoms. The molecule has 2 aromatic heterocycles. The number of fused-ring (bicyclic) bond motifs is 3. The number of nitrogens with zero attached hydrogens (tertiary/aromatic N) is 2. The Morgan fingerprint density at radius 3 is 3.10 bits per heavy atom. The third-order valence-corrected chi connectivity index (χ3v) is 11.1. The summed E-state index contributed by atoms with van der Waals surface area (Å²) < 4.78 is 28.2. The number of hydrogen-bond donors (Lipinski definition) is 3. The normalized spacial score (nSPS) is 18.4. The zero-order valence-electron chi connectivity index (χ0n) is 16.5. The van der Waals surface area contributed by atoms with Gasteiger partial charge < -0.3 is 0 Å². The first kappa shape index (κ1) is 20.8. The number of rotatable bonds is 3. The maximum absolute atomic E-state index is 14.3. The molecule has 0 fully saturated rings. The van der Waals surface area contributed by atoms with Gasteiger partial charge in [0.2, 0.25) is 0 Å². The molecule has 0 radical (unpaired) electrons. The number of para-hydroxylation sites is 1. The number of nitrogens with one attached hydrogen (secondary N) is 3. The van der Waals surface area contributed by atoms with Crippen LogP contribution in [0.1, 0.15) is 20.0 Å². The van der Waals surface area contributed by atoms with Crippen LogP contribution in [0.25, 0.3) is 11.3 Å². The summed E-state index contributed by atoms with van der Waals surface area (Å²) in [7, 11) is 3.48. The number of aromatic nitrogens is 2. The van der Waals surface area contributed by atoms with E-state index in [1.54, 1.807) is 24.5 Å². The van der Waals surface area contributed by atoms with Crippen LogP contribution in [0.2, 0.25) is 0 Å². The molecule has 0 unspecified atom stereocenters. The molecular weight excluding hydrogens is 631 g/mol. The standard InChI is InChI=1S/C20H18FI2N5O3/c1-28-22-12-8-25-20(29)15-17(12)27-16(10-6-7-24-9-14(10)31-23-28)18(15)26-13-5-3-4-11(21)19(13)30-2/h3-7,9,12,26-27H,8H2,1-2H3,(H,25,29)/q-2/t12-/m1/s1. The van der Waals surface area contributed by atoms with Gasteiger partial charge in [0.15, 0.2) is 0 Å². The number of hydrogen-bond acceptors (Lipinski definition) is 6. The zero-order valence-corrected chi connectivity index (χ0v) is 20.8. The Hall–Kier alpha value is -2.13. The van der Waals surface area contributed by atoms with E-state index in [4.69, 9.17) is 7.80 Å². The molecule has 0 saturated carbocycles. The number of ether oxygens (including phenoxy) is 1. The van der Waals surface area contributed by atoms with Gasteiger partial charge in [-0.1, -0.05) is 0 Å². The maximum atomic E-state index is 14.3. The first-order valence-corrected chi connectivity index (χ1v) is 13.4. The summed E-state index contributed by atoms with van der Waals surface area (Å²) >= 11 is -1.09. The van der Waals surface area contributed by atoms with Crippen molar-refractivity contribution in [1.29, 1.82) is 0 Å². The Bertz CT molecular complexity index is 1170. The number of H-pyrrole nitrogens is 1. The van der Waals surface area contributed by atoms with Gasteiger partial charge in [-0.2, -0.15) is 0 Å².